The summed E-state index contributed by atoms with van der Waals surface area (Å²) in [5.74, 6) is -0.362. The van der Waals surface area contributed by atoms with Gasteiger partial charge in [-0.2, -0.15) is 0 Å². The maximum absolute atomic E-state index is 12.0. The van der Waals surface area contributed by atoms with Crippen LogP contribution in [0.15, 0.2) is 22.7 Å². The number of esters is 1. The Hall–Kier alpha value is -1.07. The quantitative estimate of drug-likeness (QED) is 0.624. The minimum absolute atomic E-state index is 0.000350. The molecule has 0 aromatic heterocycles. The summed E-state index contributed by atoms with van der Waals surface area (Å²) in [6.07, 6.45) is 0.220. The van der Waals surface area contributed by atoms with E-state index in [1.165, 1.54) is 0 Å². The molecule has 102 valence electrons. The van der Waals surface area contributed by atoms with Crippen LogP contribution in [0.4, 0.5) is 0 Å². The Labute approximate surface area is 124 Å². The van der Waals surface area contributed by atoms with Gasteiger partial charge in [-0.15, -0.1) is 0 Å². The summed E-state index contributed by atoms with van der Waals surface area (Å²) in [7, 11) is 0. The second-order valence-corrected chi connectivity index (χ2v) is 5.62. The lowest BCUT2D eigenvalue weighted by atomic mass is 10.1. The van der Waals surface area contributed by atoms with E-state index in [0.29, 0.717) is 28.3 Å². The summed E-state index contributed by atoms with van der Waals surface area (Å²) >= 11 is 9.10. The van der Waals surface area contributed by atoms with Crippen LogP contribution in [0.25, 0.3) is 0 Å². The Morgan fingerprint density at radius 3 is 2.89 bits per heavy atom. The van der Waals surface area contributed by atoms with Crippen molar-refractivity contribution in [3.8, 4) is 5.75 Å². The van der Waals surface area contributed by atoms with E-state index in [-0.39, 0.29) is 18.3 Å². The summed E-state index contributed by atoms with van der Waals surface area (Å²) in [6.45, 7) is 2.94. The van der Waals surface area contributed by atoms with Crippen LogP contribution in [0.2, 0.25) is 5.02 Å². The minimum atomic E-state index is -0.393. The summed E-state index contributed by atoms with van der Waals surface area (Å²) < 4.78 is 5.92. The summed E-state index contributed by atoms with van der Waals surface area (Å²) in [5, 5.41) is 0.555. The van der Waals surface area contributed by atoms with Gasteiger partial charge in [0.2, 0.25) is 5.91 Å². The molecule has 1 aromatic carbocycles. The van der Waals surface area contributed by atoms with Gasteiger partial charge in [-0.25, -0.2) is 0 Å². The monoisotopic (exact) mass is 345 g/mol. The smallest absolute Gasteiger partial charge is 0.316 e. The minimum Gasteiger partial charge on any atom is -0.425 e. The number of benzene rings is 1. The molecule has 0 spiro atoms. The maximum atomic E-state index is 12.0. The number of ether oxygens (including phenoxy) is 1. The molecule has 1 aliphatic heterocycles. The molecular formula is C13H13BrClNO3. The van der Waals surface area contributed by atoms with Gasteiger partial charge in [0.15, 0.2) is 0 Å². The topological polar surface area (TPSA) is 46.6 Å². The Kier molecular flexibility index (Phi) is 4.47. The highest BCUT2D eigenvalue weighted by Gasteiger charge is 2.34. The first-order valence-electron chi connectivity index (χ1n) is 5.95. The average Bonchev–Trinajstić information content (AvgIpc) is 2.74. The van der Waals surface area contributed by atoms with Crippen LogP contribution >= 0.6 is 27.5 Å². The van der Waals surface area contributed by atoms with Crippen molar-refractivity contribution in [2.75, 3.05) is 13.1 Å². The van der Waals surface area contributed by atoms with E-state index in [4.69, 9.17) is 16.3 Å². The molecule has 0 aliphatic carbocycles. The van der Waals surface area contributed by atoms with E-state index < -0.39 is 5.92 Å². The van der Waals surface area contributed by atoms with Gasteiger partial charge in [0.05, 0.1) is 10.4 Å². The standard InChI is InChI=1S/C13H13BrClNO3/c1-2-16-7-8(5-12(16)17)13(18)19-11-4-3-9(15)6-10(11)14/h3-4,6,8H,2,5,7H2,1H3. The molecule has 19 heavy (non-hydrogen) atoms. The van der Waals surface area contributed by atoms with Gasteiger partial charge in [0, 0.05) is 24.5 Å². The first-order valence-corrected chi connectivity index (χ1v) is 7.13. The fourth-order valence-corrected chi connectivity index (χ4v) is 2.75. The van der Waals surface area contributed by atoms with Crippen molar-refractivity contribution < 1.29 is 14.3 Å². The molecule has 1 aromatic rings. The first-order chi connectivity index (χ1) is 9.01. The zero-order valence-electron chi connectivity index (χ0n) is 10.4. The molecule has 0 saturated carbocycles. The largest absolute Gasteiger partial charge is 0.425 e. The highest BCUT2D eigenvalue weighted by molar-refractivity contribution is 9.10. The lowest BCUT2D eigenvalue weighted by Crippen LogP contribution is -2.27. The van der Waals surface area contributed by atoms with Crippen LogP contribution in [0.3, 0.4) is 0 Å². The van der Waals surface area contributed by atoms with Crippen molar-refractivity contribution in [2.45, 2.75) is 13.3 Å². The van der Waals surface area contributed by atoms with E-state index >= 15 is 0 Å². The number of amides is 1. The van der Waals surface area contributed by atoms with Crippen molar-refractivity contribution in [1.29, 1.82) is 0 Å². The molecule has 1 amide bonds. The average molecular weight is 347 g/mol. The number of carbonyl (C=O) groups is 2. The number of halogens is 2. The van der Waals surface area contributed by atoms with Crippen molar-refractivity contribution >= 4 is 39.4 Å². The molecule has 6 heteroatoms. The van der Waals surface area contributed by atoms with Crippen LogP contribution in [0.5, 0.6) is 5.75 Å². The Bertz CT molecular complexity index is 521. The van der Waals surface area contributed by atoms with E-state index in [1.54, 1.807) is 23.1 Å². The third-order valence-electron chi connectivity index (χ3n) is 3.03. The predicted molar refractivity (Wildman–Crippen MR) is 75.1 cm³/mol. The SMILES string of the molecule is CCN1CC(C(=O)Oc2ccc(Cl)cc2Br)CC1=O. The van der Waals surface area contributed by atoms with Gasteiger partial charge >= 0.3 is 5.97 Å². The third kappa shape index (κ3) is 3.28. The molecule has 1 aliphatic rings. The van der Waals surface area contributed by atoms with Crippen LogP contribution in [-0.2, 0) is 9.59 Å². The van der Waals surface area contributed by atoms with Gasteiger partial charge < -0.3 is 9.64 Å². The molecule has 2 rings (SSSR count). The molecule has 4 nitrogen and oxygen atoms in total. The van der Waals surface area contributed by atoms with E-state index in [2.05, 4.69) is 15.9 Å². The molecule has 0 radical (unpaired) electrons. The van der Waals surface area contributed by atoms with Crippen LogP contribution < -0.4 is 4.74 Å². The first kappa shape index (κ1) is 14.3. The Morgan fingerprint density at radius 2 is 2.32 bits per heavy atom. The van der Waals surface area contributed by atoms with Crippen molar-refractivity contribution in [3.63, 3.8) is 0 Å². The summed E-state index contributed by atoms with van der Waals surface area (Å²) in [5.41, 5.74) is 0. The van der Waals surface area contributed by atoms with Crippen molar-refractivity contribution in [2.24, 2.45) is 5.92 Å². The fourth-order valence-electron chi connectivity index (χ4n) is 1.99. The fraction of sp³-hybridized carbons (Fsp3) is 0.385. The van der Waals surface area contributed by atoms with Crippen LogP contribution in [0, 0.1) is 5.92 Å². The third-order valence-corrected chi connectivity index (χ3v) is 3.89. The molecule has 0 N–H and O–H groups in total. The Balaban J connectivity index is 2.04. The highest BCUT2D eigenvalue weighted by Crippen LogP contribution is 2.29. The van der Waals surface area contributed by atoms with E-state index in [1.807, 2.05) is 6.92 Å². The predicted octanol–water partition coefficient (Wildman–Crippen LogP) is 2.88. The second-order valence-electron chi connectivity index (χ2n) is 4.33. The van der Waals surface area contributed by atoms with Crippen LogP contribution in [0.1, 0.15) is 13.3 Å². The van der Waals surface area contributed by atoms with Gasteiger partial charge in [0.25, 0.3) is 0 Å². The normalized spacial score (nSPS) is 18.8. The summed E-state index contributed by atoms with van der Waals surface area (Å²) in [6, 6.07) is 4.92. The lowest BCUT2D eigenvalue weighted by molar-refractivity contribution is -0.139. The molecule has 1 saturated heterocycles. The second kappa shape index (κ2) is 5.92. The molecule has 1 unspecified atom stereocenters. The number of hydrogen-bond donors (Lipinski definition) is 0. The molecule has 1 heterocycles. The highest BCUT2D eigenvalue weighted by atomic mass is 79.9. The zero-order chi connectivity index (χ0) is 14.0. The van der Waals surface area contributed by atoms with Crippen molar-refractivity contribution in [1.82, 2.24) is 4.90 Å². The molecular weight excluding hydrogens is 334 g/mol. The van der Waals surface area contributed by atoms with E-state index in [0.717, 1.165) is 0 Å². The number of carbonyl (C=O) groups excluding carboxylic acids is 2. The Morgan fingerprint density at radius 1 is 1.58 bits per heavy atom. The van der Waals surface area contributed by atoms with E-state index in [9.17, 15) is 9.59 Å². The maximum Gasteiger partial charge on any atom is 0.316 e. The molecule has 0 bridgehead atoms. The number of likely N-dealkylation sites (tertiary alicyclic amines) is 1. The van der Waals surface area contributed by atoms with Gasteiger partial charge in [-0.3, -0.25) is 9.59 Å². The summed E-state index contributed by atoms with van der Waals surface area (Å²) in [4.78, 5) is 25.2. The zero-order valence-corrected chi connectivity index (χ0v) is 12.7. The van der Waals surface area contributed by atoms with Crippen molar-refractivity contribution in [3.05, 3.63) is 27.7 Å². The van der Waals surface area contributed by atoms with Gasteiger partial charge in [0.1, 0.15) is 5.75 Å². The van der Waals surface area contributed by atoms with Crippen LogP contribution in [-0.4, -0.2) is 29.9 Å². The van der Waals surface area contributed by atoms with Gasteiger partial charge in [-0.1, -0.05) is 11.6 Å². The number of nitrogens with zero attached hydrogens (tertiary/aromatic N) is 1. The van der Waals surface area contributed by atoms with Gasteiger partial charge in [-0.05, 0) is 41.1 Å². The lowest BCUT2D eigenvalue weighted by Gasteiger charge is -2.13. The number of rotatable bonds is 3. The molecule has 1 fully saturated rings. The molecule has 1 atom stereocenters. The number of hydrogen-bond acceptors (Lipinski definition) is 3.